The maximum Gasteiger partial charge on any atom is 0.209 e. The van der Waals surface area contributed by atoms with Crippen LogP contribution in [0.15, 0.2) is 24.3 Å². The summed E-state index contributed by atoms with van der Waals surface area (Å²) in [5, 5.41) is 1.33. The van der Waals surface area contributed by atoms with Crippen molar-refractivity contribution in [3.8, 4) is 0 Å². The molecule has 4 heteroatoms. The van der Waals surface area contributed by atoms with Crippen LogP contribution in [0.25, 0.3) is 0 Å². The Kier molecular flexibility index (Phi) is 3.66. The van der Waals surface area contributed by atoms with E-state index in [4.69, 9.17) is 0 Å². The first kappa shape index (κ1) is 13.0. The van der Waals surface area contributed by atoms with E-state index in [2.05, 4.69) is 42.8 Å². The number of benzene rings is 1. The van der Waals surface area contributed by atoms with Gasteiger partial charge >= 0.3 is 0 Å². The number of hydrogen-bond acceptors (Lipinski definition) is 2. The lowest BCUT2D eigenvalue weighted by Gasteiger charge is -2.09. The van der Waals surface area contributed by atoms with Gasteiger partial charge in [0, 0.05) is 23.4 Å². The molecule has 0 saturated carbocycles. The maximum atomic E-state index is 10.4. The quantitative estimate of drug-likeness (QED) is 0.475. The van der Waals surface area contributed by atoms with Crippen molar-refractivity contribution in [3.05, 3.63) is 29.8 Å². The van der Waals surface area contributed by atoms with Gasteiger partial charge in [0.2, 0.25) is 16.0 Å². The molecule has 3 nitrogen and oxygen atoms in total. The van der Waals surface area contributed by atoms with E-state index < -0.39 is 10.3 Å². The summed E-state index contributed by atoms with van der Waals surface area (Å²) in [7, 11) is -2.03. The van der Waals surface area contributed by atoms with Crippen molar-refractivity contribution in [2.45, 2.75) is 32.1 Å². The molecule has 0 atom stereocenters. The zero-order valence-electron chi connectivity index (χ0n) is 10.8. The molecule has 0 aliphatic carbocycles. The Morgan fingerprint density at radius 1 is 1.28 bits per heavy atom. The van der Waals surface area contributed by atoms with Crippen LogP contribution in [0, 0.1) is 0 Å². The van der Waals surface area contributed by atoms with E-state index in [1.54, 1.807) is 0 Å². The average Bonchev–Trinajstić information content (AvgIpc) is 2.57. The van der Waals surface area contributed by atoms with E-state index in [9.17, 15) is 8.42 Å². The minimum atomic E-state index is -2.03. The predicted octanol–water partition coefficient (Wildman–Crippen LogP) is 2.15. The van der Waals surface area contributed by atoms with Crippen LogP contribution in [0.5, 0.6) is 0 Å². The molecule has 96 valence electrons. The standard InChI is InChI=1S/C14H18NO2S/c1-14(2)11-15(9-5-6-10-18(16)17)13-8-4-3-7-12(13)14/h3-4,7-8,10-11H,5-6,9H2,1-2H3/q+1. The zero-order chi connectivity index (χ0) is 13.2. The van der Waals surface area contributed by atoms with Crippen LogP contribution in [-0.2, 0) is 15.7 Å². The highest BCUT2D eigenvalue weighted by Crippen LogP contribution is 2.35. The lowest BCUT2D eigenvalue weighted by molar-refractivity contribution is -0.433. The van der Waals surface area contributed by atoms with Crippen molar-refractivity contribution in [1.82, 2.24) is 0 Å². The first-order valence-corrected chi connectivity index (χ1v) is 7.28. The smallest absolute Gasteiger partial charge is 0.202 e. The third-order valence-corrected chi connectivity index (χ3v) is 3.75. The van der Waals surface area contributed by atoms with E-state index >= 15 is 0 Å². The monoisotopic (exact) mass is 264 g/mol. The summed E-state index contributed by atoms with van der Waals surface area (Å²) in [6.07, 6.45) is 3.67. The second-order valence-electron chi connectivity index (χ2n) is 5.13. The SMILES string of the molecule is CC1(C)C=[N+](CCCC=S(=O)=O)c2ccccc21. The normalized spacial score (nSPS) is 16.0. The molecule has 0 radical (unpaired) electrons. The number of rotatable bonds is 4. The van der Waals surface area contributed by atoms with E-state index in [-0.39, 0.29) is 5.41 Å². The zero-order valence-corrected chi connectivity index (χ0v) is 11.6. The highest BCUT2D eigenvalue weighted by Gasteiger charge is 2.36. The molecule has 0 aromatic heterocycles. The van der Waals surface area contributed by atoms with Crippen molar-refractivity contribution in [2.24, 2.45) is 0 Å². The van der Waals surface area contributed by atoms with Crippen LogP contribution < -0.4 is 0 Å². The molecule has 1 heterocycles. The van der Waals surface area contributed by atoms with Crippen LogP contribution in [-0.4, -0.2) is 31.1 Å². The van der Waals surface area contributed by atoms with Crippen LogP contribution >= 0.6 is 0 Å². The van der Waals surface area contributed by atoms with Gasteiger partial charge in [-0.05, 0) is 20.3 Å². The van der Waals surface area contributed by atoms with Gasteiger partial charge in [-0.15, -0.1) is 0 Å². The number of fused-ring (bicyclic) bond motifs is 1. The molecule has 1 aromatic rings. The summed E-state index contributed by atoms with van der Waals surface area (Å²) in [5.41, 5.74) is 2.63. The molecule has 1 aliphatic rings. The van der Waals surface area contributed by atoms with Gasteiger partial charge < -0.3 is 0 Å². The second-order valence-corrected chi connectivity index (χ2v) is 5.99. The van der Waals surface area contributed by atoms with Gasteiger partial charge in [0.15, 0.2) is 6.21 Å². The molecule has 2 rings (SSSR count). The van der Waals surface area contributed by atoms with Gasteiger partial charge in [0.25, 0.3) is 0 Å². The summed E-state index contributed by atoms with van der Waals surface area (Å²) in [4.78, 5) is 0. The highest BCUT2D eigenvalue weighted by molar-refractivity contribution is 7.71. The number of nitrogens with zero attached hydrogens (tertiary/aromatic N) is 1. The maximum absolute atomic E-state index is 10.4. The first-order chi connectivity index (χ1) is 8.50. The van der Waals surface area contributed by atoms with Crippen molar-refractivity contribution >= 4 is 27.6 Å². The van der Waals surface area contributed by atoms with Crippen LogP contribution in [0.3, 0.4) is 0 Å². The van der Waals surface area contributed by atoms with Gasteiger partial charge in [-0.3, -0.25) is 0 Å². The molecular formula is C14H18NO2S+. The Hall–Kier alpha value is -1.42. The Bertz CT molecular complexity index is 604. The largest absolute Gasteiger partial charge is 0.209 e. The molecule has 0 amide bonds. The molecule has 1 aromatic carbocycles. The Morgan fingerprint density at radius 3 is 2.72 bits per heavy atom. The topological polar surface area (TPSA) is 37.1 Å². The molecule has 1 aliphatic heterocycles. The fourth-order valence-electron chi connectivity index (χ4n) is 2.42. The fourth-order valence-corrected chi connectivity index (χ4v) is 2.78. The summed E-state index contributed by atoms with van der Waals surface area (Å²) in [5.74, 6) is 0. The molecule has 0 bridgehead atoms. The average molecular weight is 264 g/mol. The summed E-state index contributed by atoms with van der Waals surface area (Å²) >= 11 is 0. The van der Waals surface area contributed by atoms with E-state index in [1.165, 1.54) is 16.6 Å². The molecule has 0 fully saturated rings. The van der Waals surface area contributed by atoms with E-state index in [0.717, 1.165) is 13.0 Å². The molecule has 18 heavy (non-hydrogen) atoms. The molecule has 0 spiro atoms. The van der Waals surface area contributed by atoms with Crippen molar-refractivity contribution in [3.63, 3.8) is 0 Å². The van der Waals surface area contributed by atoms with Crippen molar-refractivity contribution < 1.29 is 13.0 Å². The minimum Gasteiger partial charge on any atom is -0.202 e. The van der Waals surface area contributed by atoms with Gasteiger partial charge in [-0.2, -0.15) is 8.42 Å². The minimum absolute atomic E-state index is 0.0572. The van der Waals surface area contributed by atoms with Gasteiger partial charge in [0.05, 0.1) is 5.41 Å². The van der Waals surface area contributed by atoms with Crippen molar-refractivity contribution in [2.75, 3.05) is 6.54 Å². The molecular weight excluding hydrogens is 246 g/mol. The predicted molar refractivity (Wildman–Crippen MR) is 74.5 cm³/mol. The lowest BCUT2D eigenvalue weighted by atomic mass is 9.87. The first-order valence-electron chi connectivity index (χ1n) is 6.14. The lowest BCUT2D eigenvalue weighted by Crippen LogP contribution is -2.17. The van der Waals surface area contributed by atoms with E-state index in [0.29, 0.717) is 6.42 Å². The summed E-state index contributed by atoms with van der Waals surface area (Å²) in [6.45, 7) is 5.25. The Labute approximate surface area is 109 Å². The number of unbranched alkanes of at least 4 members (excludes halogenated alkanes) is 1. The van der Waals surface area contributed by atoms with Crippen molar-refractivity contribution in [1.29, 1.82) is 0 Å². The third-order valence-electron chi connectivity index (χ3n) is 3.24. The summed E-state index contributed by atoms with van der Waals surface area (Å²) in [6, 6.07) is 8.38. The number of para-hydroxylation sites is 1. The third kappa shape index (κ3) is 2.70. The van der Waals surface area contributed by atoms with Gasteiger partial charge in [0.1, 0.15) is 6.54 Å². The molecule has 0 unspecified atom stereocenters. The highest BCUT2D eigenvalue weighted by atomic mass is 32.2. The number of hydrogen-bond donors (Lipinski definition) is 0. The second kappa shape index (κ2) is 5.06. The van der Waals surface area contributed by atoms with Crippen LogP contribution in [0.4, 0.5) is 5.69 Å². The van der Waals surface area contributed by atoms with Gasteiger partial charge in [-0.25, -0.2) is 4.58 Å². The Balaban J connectivity index is 2.13. The fraction of sp³-hybridized carbons (Fsp3) is 0.429. The van der Waals surface area contributed by atoms with E-state index in [1.807, 2.05) is 6.07 Å². The van der Waals surface area contributed by atoms with Crippen LogP contribution in [0.2, 0.25) is 0 Å². The molecule has 0 N–H and O–H groups in total. The Morgan fingerprint density at radius 2 is 2.00 bits per heavy atom. The van der Waals surface area contributed by atoms with Gasteiger partial charge in [-0.1, -0.05) is 18.2 Å². The summed E-state index contributed by atoms with van der Waals surface area (Å²) < 4.78 is 23.1. The van der Waals surface area contributed by atoms with Crippen LogP contribution in [0.1, 0.15) is 32.3 Å². The molecule has 0 saturated heterocycles.